The van der Waals surface area contributed by atoms with Gasteiger partial charge in [0.15, 0.2) is 0 Å². The molecule has 1 amide bonds. The predicted molar refractivity (Wildman–Crippen MR) is 62.5 cm³/mol. The number of para-hydroxylation sites is 1. The molecule has 0 spiro atoms. The summed E-state index contributed by atoms with van der Waals surface area (Å²) in [6, 6.07) is 9.30. The second-order valence-electron chi connectivity index (χ2n) is 3.92. The Bertz CT molecular complexity index is 368. The highest BCUT2D eigenvalue weighted by atomic mass is 16.2. The number of amides is 1. The Morgan fingerprint density at radius 1 is 1.38 bits per heavy atom. The molecule has 0 saturated carbocycles. The van der Waals surface area contributed by atoms with Gasteiger partial charge >= 0.3 is 0 Å². The van der Waals surface area contributed by atoms with Gasteiger partial charge in [-0.05, 0) is 12.1 Å². The van der Waals surface area contributed by atoms with Gasteiger partial charge in [-0.3, -0.25) is 4.79 Å². The minimum atomic E-state index is -0.250. The van der Waals surface area contributed by atoms with E-state index >= 15 is 0 Å². The van der Waals surface area contributed by atoms with Crippen LogP contribution >= 0.6 is 0 Å². The standard InChI is InChI=1S/C11H16N4O/c1-15(8-5-3-2-4-6-8)11(16)9-7-10(12)14-13-9/h2-6,9-10,13-14H,7,12H2,1H3. The van der Waals surface area contributed by atoms with Crippen LogP contribution in [0, 0.1) is 0 Å². The Morgan fingerprint density at radius 2 is 2.06 bits per heavy atom. The van der Waals surface area contributed by atoms with E-state index < -0.39 is 0 Å². The summed E-state index contributed by atoms with van der Waals surface area (Å²) in [5, 5.41) is 0. The zero-order valence-corrected chi connectivity index (χ0v) is 9.18. The molecular weight excluding hydrogens is 204 g/mol. The van der Waals surface area contributed by atoms with Crippen LogP contribution in [0.1, 0.15) is 6.42 Å². The van der Waals surface area contributed by atoms with Gasteiger partial charge in [-0.1, -0.05) is 18.2 Å². The van der Waals surface area contributed by atoms with E-state index in [0.717, 1.165) is 5.69 Å². The van der Waals surface area contributed by atoms with Crippen molar-refractivity contribution in [2.24, 2.45) is 5.73 Å². The number of nitrogens with two attached hydrogens (primary N) is 1. The molecule has 2 unspecified atom stereocenters. The molecule has 0 radical (unpaired) electrons. The fourth-order valence-corrected chi connectivity index (χ4v) is 1.75. The molecule has 0 aromatic heterocycles. The number of likely N-dealkylation sites (N-methyl/N-ethyl adjacent to an activating group) is 1. The van der Waals surface area contributed by atoms with Gasteiger partial charge in [-0.2, -0.15) is 0 Å². The van der Waals surface area contributed by atoms with Crippen LogP contribution in [0.4, 0.5) is 5.69 Å². The van der Waals surface area contributed by atoms with Gasteiger partial charge < -0.3 is 10.6 Å². The number of benzene rings is 1. The minimum Gasteiger partial charge on any atom is -0.315 e. The van der Waals surface area contributed by atoms with Crippen LogP contribution in [-0.4, -0.2) is 25.2 Å². The number of anilines is 1. The maximum absolute atomic E-state index is 12.1. The lowest BCUT2D eigenvalue weighted by molar-refractivity contribution is -0.120. The van der Waals surface area contributed by atoms with E-state index in [1.54, 1.807) is 11.9 Å². The maximum atomic E-state index is 12.1. The summed E-state index contributed by atoms with van der Waals surface area (Å²) in [7, 11) is 1.77. The Hall–Kier alpha value is -1.43. The predicted octanol–water partition coefficient (Wildman–Crippen LogP) is -0.199. The highest BCUT2D eigenvalue weighted by Crippen LogP contribution is 2.14. The van der Waals surface area contributed by atoms with Gasteiger partial charge in [-0.25, -0.2) is 10.9 Å². The van der Waals surface area contributed by atoms with E-state index in [1.165, 1.54) is 0 Å². The lowest BCUT2D eigenvalue weighted by Crippen LogP contribution is -2.44. The Labute approximate surface area is 94.6 Å². The normalized spacial score (nSPS) is 24.4. The summed E-state index contributed by atoms with van der Waals surface area (Å²) in [5.74, 6) is 0.0200. The minimum absolute atomic E-state index is 0.0200. The number of carbonyl (C=O) groups excluding carboxylic acids is 1. The average molecular weight is 220 g/mol. The van der Waals surface area contributed by atoms with Gasteiger partial charge in [0.1, 0.15) is 6.04 Å². The van der Waals surface area contributed by atoms with Gasteiger partial charge in [0.05, 0.1) is 6.17 Å². The highest BCUT2D eigenvalue weighted by Gasteiger charge is 2.29. The van der Waals surface area contributed by atoms with E-state index in [1.807, 2.05) is 30.3 Å². The molecule has 1 aliphatic rings. The molecule has 1 aliphatic heterocycles. The first-order valence-corrected chi connectivity index (χ1v) is 5.28. The summed E-state index contributed by atoms with van der Waals surface area (Å²) in [6.45, 7) is 0. The largest absolute Gasteiger partial charge is 0.315 e. The Morgan fingerprint density at radius 3 is 2.62 bits per heavy atom. The number of rotatable bonds is 2. The molecule has 0 aliphatic carbocycles. The lowest BCUT2D eigenvalue weighted by Gasteiger charge is -2.20. The van der Waals surface area contributed by atoms with E-state index in [-0.39, 0.29) is 18.1 Å². The number of hydrazine groups is 1. The topological polar surface area (TPSA) is 70.4 Å². The molecule has 86 valence electrons. The first kappa shape index (κ1) is 11.1. The summed E-state index contributed by atoms with van der Waals surface area (Å²) in [6.07, 6.45) is 0.453. The summed E-state index contributed by atoms with van der Waals surface area (Å²) in [5.41, 5.74) is 12.3. The van der Waals surface area contributed by atoms with Gasteiger partial charge in [0, 0.05) is 19.2 Å². The molecule has 1 heterocycles. The van der Waals surface area contributed by atoms with Crippen molar-refractivity contribution in [1.82, 2.24) is 10.9 Å². The molecule has 16 heavy (non-hydrogen) atoms. The van der Waals surface area contributed by atoms with Crippen molar-refractivity contribution < 1.29 is 4.79 Å². The number of nitrogens with zero attached hydrogens (tertiary/aromatic N) is 1. The van der Waals surface area contributed by atoms with Gasteiger partial charge in [-0.15, -0.1) is 0 Å². The van der Waals surface area contributed by atoms with E-state index in [2.05, 4.69) is 10.9 Å². The molecule has 5 nitrogen and oxygen atoms in total. The van der Waals surface area contributed by atoms with Crippen molar-refractivity contribution in [3.8, 4) is 0 Å². The molecule has 0 bridgehead atoms. The first-order valence-electron chi connectivity index (χ1n) is 5.28. The van der Waals surface area contributed by atoms with Gasteiger partial charge in [0.25, 0.3) is 0 Å². The quantitative estimate of drug-likeness (QED) is 0.645. The molecule has 1 aromatic carbocycles. The number of carbonyl (C=O) groups is 1. The SMILES string of the molecule is CN(C(=O)C1CC(N)NN1)c1ccccc1. The third kappa shape index (κ3) is 2.21. The van der Waals surface area contributed by atoms with E-state index in [4.69, 9.17) is 5.73 Å². The van der Waals surface area contributed by atoms with Crippen LogP contribution in [0.5, 0.6) is 0 Å². The van der Waals surface area contributed by atoms with Crippen LogP contribution in [-0.2, 0) is 4.79 Å². The van der Waals surface area contributed by atoms with Crippen LogP contribution in [0.15, 0.2) is 30.3 Å². The fourth-order valence-electron chi connectivity index (χ4n) is 1.75. The monoisotopic (exact) mass is 220 g/mol. The second-order valence-corrected chi connectivity index (χ2v) is 3.92. The van der Waals surface area contributed by atoms with Crippen LogP contribution < -0.4 is 21.5 Å². The van der Waals surface area contributed by atoms with Crippen molar-refractivity contribution in [1.29, 1.82) is 0 Å². The summed E-state index contributed by atoms with van der Waals surface area (Å²) >= 11 is 0. The van der Waals surface area contributed by atoms with Crippen molar-refractivity contribution in [2.45, 2.75) is 18.6 Å². The molecule has 5 heteroatoms. The molecule has 1 fully saturated rings. The van der Waals surface area contributed by atoms with Crippen molar-refractivity contribution in [3.63, 3.8) is 0 Å². The Kier molecular flexibility index (Phi) is 3.19. The van der Waals surface area contributed by atoms with E-state index in [9.17, 15) is 4.79 Å². The molecule has 1 aromatic rings. The summed E-state index contributed by atoms with van der Waals surface area (Å²) in [4.78, 5) is 13.7. The smallest absolute Gasteiger partial charge is 0.245 e. The molecule has 1 saturated heterocycles. The number of hydrogen-bond donors (Lipinski definition) is 3. The van der Waals surface area contributed by atoms with E-state index in [0.29, 0.717) is 6.42 Å². The average Bonchev–Trinajstić information content (AvgIpc) is 2.75. The second kappa shape index (κ2) is 4.61. The third-order valence-corrected chi connectivity index (χ3v) is 2.70. The van der Waals surface area contributed by atoms with Crippen LogP contribution in [0.3, 0.4) is 0 Å². The zero-order valence-electron chi connectivity index (χ0n) is 9.18. The number of hydrogen-bond acceptors (Lipinski definition) is 4. The van der Waals surface area contributed by atoms with Crippen molar-refractivity contribution >= 4 is 11.6 Å². The molecule has 2 rings (SSSR count). The molecule has 2 atom stereocenters. The Balaban J connectivity index is 2.05. The number of nitrogens with one attached hydrogen (secondary N) is 2. The summed E-state index contributed by atoms with van der Waals surface area (Å²) < 4.78 is 0. The third-order valence-electron chi connectivity index (χ3n) is 2.70. The lowest BCUT2D eigenvalue weighted by atomic mass is 10.2. The molecule has 4 N–H and O–H groups in total. The zero-order chi connectivity index (χ0) is 11.5. The van der Waals surface area contributed by atoms with Gasteiger partial charge in [0.2, 0.25) is 5.91 Å². The molecular formula is C11H16N4O. The first-order chi connectivity index (χ1) is 7.68. The van der Waals surface area contributed by atoms with Crippen molar-refractivity contribution in [3.05, 3.63) is 30.3 Å². The van der Waals surface area contributed by atoms with Crippen molar-refractivity contribution in [2.75, 3.05) is 11.9 Å². The fraction of sp³-hybridized carbons (Fsp3) is 0.364. The highest BCUT2D eigenvalue weighted by molar-refractivity contribution is 5.96. The van der Waals surface area contributed by atoms with Crippen LogP contribution in [0.2, 0.25) is 0 Å². The maximum Gasteiger partial charge on any atom is 0.245 e. The van der Waals surface area contributed by atoms with Crippen LogP contribution in [0.25, 0.3) is 0 Å².